The molecular weight excluding hydrogens is 358 g/mol. The van der Waals surface area contributed by atoms with Gasteiger partial charge in [0.1, 0.15) is 18.4 Å². The van der Waals surface area contributed by atoms with Gasteiger partial charge in [-0.05, 0) is 17.7 Å². The van der Waals surface area contributed by atoms with Crippen LogP contribution in [0.3, 0.4) is 0 Å². The Morgan fingerprint density at radius 3 is 2.68 bits per heavy atom. The summed E-state index contributed by atoms with van der Waals surface area (Å²) in [6, 6.07) is 15.2. The maximum absolute atomic E-state index is 12.6. The Labute approximate surface area is 161 Å². The van der Waals surface area contributed by atoms with Crippen molar-refractivity contribution >= 4 is 17.4 Å². The molecule has 3 rings (SSSR count). The summed E-state index contributed by atoms with van der Waals surface area (Å²) < 4.78 is 6.74. The van der Waals surface area contributed by atoms with Gasteiger partial charge in [0.25, 0.3) is 0 Å². The zero-order valence-corrected chi connectivity index (χ0v) is 15.1. The molecule has 1 unspecified atom stereocenters. The van der Waals surface area contributed by atoms with Crippen LogP contribution in [0.5, 0.6) is 5.75 Å². The lowest BCUT2D eigenvalue weighted by Gasteiger charge is -2.11. The maximum atomic E-state index is 12.6. The number of amides is 1. The van der Waals surface area contributed by atoms with Gasteiger partial charge in [-0.3, -0.25) is 9.59 Å². The van der Waals surface area contributed by atoms with Crippen molar-refractivity contribution in [3.8, 4) is 11.8 Å². The van der Waals surface area contributed by atoms with Gasteiger partial charge in [0.05, 0.1) is 19.7 Å². The van der Waals surface area contributed by atoms with Crippen molar-refractivity contribution in [1.82, 2.24) is 14.8 Å². The van der Waals surface area contributed by atoms with E-state index in [1.807, 2.05) is 0 Å². The molecule has 1 atom stereocenters. The first-order chi connectivity index (χ1) is 13.6. The number of carbonyl (C=O) groups is 2. The predicted octanol–water partition coefficient (Wildman–Crippen LogP) is 2.30. The molecule has 0 saturated heterocycles. The van der Waals surface area contributed by atoms with Crippen molar-refractivity contribution in [3.63, 3.8) is 0 Å². The van der Waals surface area contributed by atoms with Crippen LogP contribution in [0.4, 0.5) is 5.69 Å². The Morgan fingerprint density at radius 1 is 1.25 bits per heavy atom. The lowest BCUT2D eigenvalue weighted by molar-refractivity contribution is -0.117. The second-order valence-electron chi connectivity index (χ2n) is 5.94. The molecule has 8 nitrogen and oxygen atoms in total. The Morgan fingerprint density at radius 2 is 2.04 bits per heavy atom. The van der Waals surface area contributed by atoms with E-state index in [1.54, 1.807) is 65.6 Å². The molecule has 0 saturated carbocycles. The van der Waals surface area contributed by atoms with Crippen molar-refractivity contribution in [2.75, 3.05) is 12.4 Å². The number of methoxy groups -OCH3 is 1. The van der Waals surface area contributed by atoms with E-state index in [4.69, 9.17) is 4.74 Å². The highest BCUT2D eigenvalue weighted by Gasteiger charge is 2.27. The summed E-state index contributed by atoms with van der Waals surface area (Å²) in [6.07, 6.45) is 3.03. The topological polar surface area (TPSA) is 110 Å². The van der Waals surface area contributed by atoms with Crippen LogP contribution >= 0.6 is 0 Å². The highest BCUT2D eigenvalue weighted by Crippen LogP contribution is 2.18. The first kappa shape index (κ1) is 18.8. The summed E-state index contributed by atoms with van der Waals surface area (Å²) in [5.41, 5.74) is 1.65. The van der Waals surface area contributed by atoms with Crippen molar-refractivity contribution in [3.05, 3.63) is 72.3 Å². The average molecular weight is 375 g/mol. The van der Waals surface area contributed by atoms with Crippen molar-refractivity contribution in [2.45, 2.75) is 6.54 Å². The Hall–Kier alpha value is -3.99. The molecule has 1 N–H and O–H groups in total. The first-order valence-corrected chi connectivity index (χ1v) is 8.41. The van der Waals surface area contributed by atoms with Crippen LogP contribution in [0.2, 0.25) is 0 Å². The van der Waals surface area contributed by atoms with E-state index < -0.39 is 17.6 Å². The van der Waals surface area contributed by atoms with Gasteiger partial charge in [0, 0.05) is 17.3 Å². The lowest BCUT2D eigenvalue weighted by atomic mass is 9.97. The minimum Gasteiger partial charge on any atom is -0.497 e. The molecule has 140 valence electrons. The Bertz CT molecular complexity index is 1010. The summed E-state index contributed by atoms with van der Waals surface area (Å²) in [4.78, 5) is 28.9. The first-order valence-electron chi connectivity index (χ1n) is 8.41. The van der Waals surface area contributed by atoms with Crippen LogP contribution in [0.1, 0.15) is 15.9 Å². The number of hydrogen-bond donors (Lipinski definition) is 1. The van der Waals surface area contributed by atoms with E-state index >= 15 is 0 Å². The number of nitriles is 1. The third-order valence-corrected chi connectivity index (χ3v) is 4.04. The molecule has 0 aliphatic rings. The Kier molecular flexibility index (Phi) is 5.77. The molecule has 0 spiro atoms. The standard InChI is InChI=1S/C20H17N5O3/c1-28-17-4-2-3-16(9-17)24-20(27)18(10-21)19(26)15-7-5-14(6-8-15)11-25-13-22-12-23-25/h2-9,12-13,18H,11H2,1H3,(H,24,27). The molecule has 1 aromatic heterocycles. The number of carbonyl (C=O) groups excluding carboxylic acids is 2. The quantitative estimate of drug-likeness (QED) is 0.501. The molecule has 1 amide bonds. The fraction of sp³-hybridized carbons (Fsp3) is 0.150. The van der Waals surface area contributed by atoms with E-state index in [-0.39, 0.29) is 5.56 Å². The van der Waals surface area contributed by atoms with Crippen molar-refractivity contribution in [2.24, 2.45) is 5.92 Å². The molecule has 0 aliphatic carbocycles. The number of hydrogen-bond acceptors (Lipinski definition) is 6. The van der Waals surface area contributed by atoms with Gasteiger partial charge in [-0.25, -0.2) is 9.67 Å². The van der Waals surface area contributed by atoms with Gasteiger partial charge in [-0.2, -0.15) is 10.4 Å². The average Bonchev–Trinajstić information content (AvgIpc) is 3.22. The zero-order chi connectivity index (χ0) is 19.9. The van der Waals surface area contributed by atoms with Crippen molar-refractivity contribution < 1.29 is 14.3 Å². The van der Waals surface area contributed by atoms with Crippen LogP contribution in [0.15, 0.2) is 61.2 Å². The normalized spacial score (nSPS) is 11.3. The van der Waals surface area contributed by atoms with Gasteiger partial charge >= 0.3 is 0 Å². The molecule has 0 radical (unpaired) electrons. The summed E-state index contributed by atoms with van der Waals surface area (Å²) in [5, 5.41) is 16.0. The number of anilines is 1. The SMILES string of the molecule is COc1cccc(NC(=O)C(C#N)C(=O)c2ccc(Cn3cncn3)cc2)c1. The summed E-state index contributed by atoms with van der Waals surface area (Å²) in [5.74, 6) is -2.14. The fourth-order valence-corrected chi connectivity index (χ4v) is 2.59. The van der Waals surface area contributed by atoms with E-state index in [0.717, 1.165) is 5.56 Å². The van der Waals surface area contributed by atoms with Gasteiger partial charge in [0.15, 0.2) is 11.7 Å². The maximum Gasteiger partial charge on any atom is 0.249 e. The third kappa shape index (κ3) is 4.40. The number of benzene rings is 2. The summed E-state index contributed by atoms with van der Waals surface area (Å²) in [6.45, 7) is 0.506. The lowest BCUT2D eigenvalue weighted by Crippen LogP contribution is -2.28. The second-order valence-corrected chi connectivity index (χ2v) is 5.94. The molecule has 3 aromatic rings. The minimum absolute atomic E-state index is 0.287. The predicted molar refractivity (Wildman–Crippen MR) is 101 cm³/mol. The van der Waals surface area contributed by atoms with E-state index in [9.17, 15) is 14.9 Å². The largest absolute Gasteiger partial charge is 0.497 e. The van der Waals surface area contributed by atoms with E-state index in [1.165, 1.54) is 13.4 Å². The molecule has 28 heavy (non-hydrogen) atoms. The fourth-order valence-electron chi connectivity index (χ4n) is 2.59. The van der Waals surface area contributed by atoms with Crippen LogP contribution in [0.25, 0.3) is 0 Å². The van der Waals surface area contributed by atoms with E-state index in [0.29, 0.717) is 18.0 Å². The monoisotopic (exact) mass is 375 g/mol. The van der Waals surface area contributed by atoms with Crippen LogP contribution < -0.4 is 10.1 Å². The summed E-state index contributed by atoms with van der Waals surface area (Å²) in [7, 11) is 1.51. The number of ether oxygens (including phenoxy) is 1. The number of ketones is 1. The number of Topliss-reactive ketones (excluding diaryl/α,β-unsaturated/α-hetero) is 1. The highest BCUT2D eigenvalue weighted by molar-refractivity contribution is 6.15. The van der Waals surface area contributed by atoms with Crippen LogP contribution in [0, 0.1) is 17.2 Å². The smallest absolute Gasteiger partial charge is 0.249 e. The summed E-state index contributed by atoms with van der Waals surface area (Å²) >= 11 is 0. The minimum atomic E-state index is -1.45. The van der Waals surface area contributed by atoms with Gasteiger partial charge < -0.3 is 10.1 Å². The van der Waals surface area contributed by atoms with Crippen LogP contribution in [-0.2, 0) is 11.3 Å². The molecule has 0 bridgehead atoms. The number of nitrogens with one attached hydrogen (secondary N) is 1. The van der Waals surface area contributed by atoms with Crippen molar-refractivity contribution in [1.29, 1.82) is 5.26 Å². The number of nitrogens with zero attached hydrogens (tertiary/aromatic N) is 4. The molecule has 1 heterocycles. The number of aromatic nitrogens is 3. The zero-order valence-electron chi connectivity index (χ0n) is 15.1. The second kappa shape index (κ2) is 8.60. The molecule has 8 heteroatoms. The molecule has 0 aliphatic heterocycles. The van der Waals surface area contributed by atoms with E-state index in [2.05, 4.69) is 15.4 Å². The van der Waals surface area contributed by atoms with Gasteiger partial charge in [-0.1, -0.05) is 30.3 Å². The molecular formula is C20H17N5O3. The Balaban J connectivity index is 1.70. The van der Waals surface area contributed by atoms with Crippen LogP contribution in [-0.4, -0.2) is 33.6 Å². The molecule has 2 aromatic carbocycles. The molecule has 0 fully saturated rings. The third-order valence-electron chi connectivity index (χ3n) is 4.04. The van der Waals surface area contributed by atoms with Gasteiger partial charge in [0.2, 0.25) is 5.91 Å². The number of rotatable bonds is 7. The van der Waals surface area contributed by atoms with Gasteiger partial charge in [-0.15, -0.1) is 0 Å². The highest BCUT2D eigenvalue weighted by atomic mass is 16.5.